The van der Waals surface area contributed by atoms with Gasteiger partial charge in [0.2, 0.25) is 0 Å². The summed E-state index contributed by atoms with van der Waals surface area (Å²) in [7, 11) is 0. The Morgan fingerprint density at radius 3 is 2.71 bits per heavy atom. The summed E-state index contributed by atoms with van der Waals surface area (Å²) in [4.78, 5) is 10.8. The molecule has 4 aromatic rings. The molecule has 102 valence electrons. The number of nitrogens with zero attached hydrogens (tertiary/aromatic N) is 6. The second-order valence-corrected chi connectivity index (χ2v) is 5.56. The highest BCUT2D eigenvalue weighted by Crippen LogP contribution is 2.34. The topological polar surface area (TPSA) is 69.4 Å². The predicted molar refractivity (Wildman–Crippen MR) is 80.3 cm³/mol. The molecule has 3 heterocycles. The minimum Gasteiger partial charge on any atom is -0.225 e. The van der Waals surface area contributed by atoms with Gasteiger partial charge in [0.15, 0.2) is 11.6 Å². The van der Waals surface area contributed by atoms with Crippen molar-refractivity contribution < 1.29 is 0 Å². The molecule has 0 atom stereocenters. The first-order chi connectivity index (χ1) is 10.3. The van der Waals surface area contributed by atoms with Gasteiger partial charge < -0.3 is 0 Å². The number of hydrogen-bond acceptors (Lipinski definition) is 6. The van der Waals surface area contributed by atoms with Crippen LogP contribution in [0.15, 0.2) is 42.7 Å². The number of benzene rings is 1. The normalized spacial score (nSPS) is 11.1. The van der Waals surface area contributed by atoms with Gasteiger partial charge in [-0.2, -0.15) is 4.68 Å². The molecule has 0 unspecified atom stereocenters. The maximum absolute atomic E-state index is 4.35. The SMILES string of the molecule is Cc1nnnn1-c1ncnc2sc(-c3ccccc3)cc12. The Morgan fingerprint density at radius 2 is 1.95 bits per heavy atom. The van der Waals surface area contributed by atoms with E-state index < -0.39 is 0 Å². The van der Waals surface area contributed by atoms with Crippen LogP contribution in [-0.2, 0) is 0 Å². The average molecular weight is 294 g/mol. The van der Waals surface area contributed by atoms with E-state index in [4.69, 9.17) is 0 Å². The van der Waals surface area contributed by atoms with Crippen LogP contribution in [0.25, 0.3) is 26.5 Å². The highest BCUT2D eigenvalue weighted by molar-refractivity contribution is 7.21. The molecular formula is C14H10N6S. The molecule has 0 spiro atoms. The third-order valence-corrected chi connectivity index (χ3v) is 4.28. The zero-order valence-corrected chi connectivity index (χ0v) is 11.9. The first-order valence-corrected chi connectivity index (χ1v) is 7.20. The van der Waals surface area contributed by atoms with Crippen LogP contribution in [0.5, 0.6) is 0 Å². The fourth-order valence-electron chi connectivity index (χ4n) is 2.18. The number of aromatic nitrogens is 6. The van der Waals surface area contributed by atoms with E-state index in [9.17, 15) is 0 Å². The van der Waals surface area contributed by atoms with Gasteiger partial charge >= 0.3 is 0 Å². The van der Waals surface area contributed by atoms with Crippen molar-refractivity contribution in [3.63, 3.8) is 0 Å². The number of rotatable bonds is 2. The average Bonchev–Trinajstić information content (AvgIpc) is 3.14. The Hall–Kier alpha value is -2.67. The van der Waals surface area contributed by atoms with Crippen LogP contribution in [0.2, 0.25) is 0 Å². The van der Waals surface area contributed by atoms with E-state index in [1.54, 1.807) is 22.3 Å². The number of thiophene rings is 1. The summed E-state index contributed by atoms with van der Waals surface area (Å²) in [5.41, 5.74) is 1.17. The van der Waals surface area contributed by atoms with E-state index in [0.717, 1.165) is 15.1 Å². The van der Waals surface area contributed by atoms with E-state index in [0.29, 0.717) is 11.6 Å². The van der Waals surface area contributed by atoms with Crippen molar-refractivity contribution in [1.82, 2.24) is 30.2 Å². The summed E-state index contributed by atoms with van der Waals surface area (Å²) < 4.78 is 1.63. The smallest absolute Gasteiger partial charge is 0.169 e. The van der Waals surface area contributed by atoms with Crippen LogP contribution >= 0.6 is 11.3 Å². The van der Waals surface area contributed by atoms with Crippen LogP contribution < -0.4 is 0 Å². The molecule has 0 aliphatic rings. The number of tetrazole rings is 1. The molecule has 7 heteroatoms. The Bertz CT molecular complexity index is 912. The summed E-state index contributed by atoms with van der Waals surface area (Å²) in [6.07, 6.45) is 1.55. The lowest BCUT2D eigenvalue weighted by molar-refractivity contribution is 0.764. The quantitative estimate of drug-likeness (QED) is 0.568. The molecule has 4 rings (SSSR count). The van der Waals surface area contributed by atoms with Gasteiger partial charge in [-0.3, -0.25) is 0 Å². The predicted octanol–water partition coefficient (Wildman–Crippen LogP) is 2.64. The summed E-state index contributed by atoms with van der Waals surface area (Å²) in [5, 5.41) is 12.5. The first kappa shape index (κ1) is 12.1. The van der Waals surface area contributed by atoms with Gasteiger partial charge in [-0.15, -0.1) is 16.4 Å². The molecule has 0 aliphatic carbocycles. The Balaban J connectivity index is 1.95. The molecule has 0 aliphatic heterocycles. The van der Waals surface area contributed by atoms with Crippen molar-refractivity contribution in [2.24, 2.45) is 0 Å². The maximum Gasteiger partial charge on any atom is 0.169 e. The third kappa shape index (κ3) is 1.98. The largest absolute Gasteiger partial charge is 0.225 e. The van der Waals surface area contributed by atoms with Gasteiger partial charge in [0.1, 0.15) is 11.2 Å². The van der Waals surface area contributed by atoms with Crippen molar-refractivity contribution >= 4 is 21.6 Å². The summed E-state index contributed by atoms with van der Waals surface area (Å²) >= 11 is 1.63. The molecule has 21 heavy (non-hydrogen) atoms. The van der Waals surface area contributed by atoms with Crippen LogP contribution in [0.1, 0.15) is 5.82 Å². The van der Waals surface area contributed by atoms with Crippen LogP contribution in [0.3, 0.4) is 0 Å². The molecule has 1 aromatic carbocycles. The Morgan fingerprint density at radius 1 is 1.10 bits per heavy atom. The highest BCUT2D eigenvalue weighted by Gasteiger charge is 2.13. The van der Waals surface area contributed by atoms with Crippen LogP contribution in [0.4, 0.5) is 0 Å². The molecule has 0 saturated heterocycles. The molecule has 0 amide bonds. The van der Waals surface area contributed by atoms with E-state index in [1.807, 2.05) is 25.1 Å². The fraction of sp³-hybridized carbons (Fsp3) is 0.0714. The van der Waals surface area contributed by atoms with Crippen molar-refractivity contribution in [3.05, 3.63) is 48.5 Å². The minimum absolute atomic E-state index is 0.697. The minimum atomic E-state index is 0.697. The molecular weight excluding hydrogens is 284 g/mol. The van der Waals surface area contributed by atoms with Gasteiger partial charge in [-0.05, 0) is 29.0 Å². The lowest BCUT2D eigenvalue weighted by Crippen LogP contribution is -2.02. The van der Waals surface area contributed by atoms with E-state index in [1.165, 1.54) is 5.56 Å². The fourth-order valence-corrected chi connectivity index (χ4v) is 3.18. The zero-order valence-electron chi connectivity index (χ0n) is 11.1. The van der Waals surface area contributed by atoms with E-state index in [2.05, 4.69) is 43.7 Å². The molecule has 6 nitrogen and oxygen atoms in total. The molecule has 0 saturated carbocycles. The molecule has 0 bridgehead atoms. The van der Waals surface area contributed by atoms with Gasteiger partial charge in [0.05, 0.1) is 5.39 Å². The van der Waals surface area contributed by atoms with Gasteiger partial charge in [-0.25, -0.2) is 9.97 Å². The second kappa shape index (κ2) is 4.71. The van der Waals surface area contributed by atoms with Gasteiger partial charge in [-0.1, -0.05) is 30.3 Å². The van der Waals surface area contributed by atoms with Gasteiger partial charge in [0, 0.05) is 4.88 Å². The molecule has 0 radical (unpaired) electrons. The van der Waals surface area contributed by atoms with Crippen molar-refractivity contribution in [2.75, 3.05) is 0 Å². The van der Waals surface area contributed by atoms with E-state index >= 15 is 0 Å². The van der Waals surface area contributed by atoms with Crippen LogP contribution in [0, 0.1) is 6.92 Å². The summed E-state index contributed by atoms with van der Waals surface area (Å²) in [6.45, 7) is 1.85. The zero-order chi connectivity index (χ0) is 14.2. The van der Waals surface area contributed by atoms with Crippen molar-refractivity contribution in [3.8, 4) is 16.3 Å². The lowest BCUT2D eigenvalue weighted by atomic mass is 10.2. The Labute approximate surface area is 124 Å². The van der Waals surface area contributed by atoms with E-state index in [-0.39, 0.29) is 0 Å². The molecule has 0 fully saturated rings. The lowest BCUT2D eigenvalue weighted by Gasteiger charge is -2.00. The number of aryl methyl sites for hydroxylation is 1. The Kier molecular flexibility index (Phi) is 2.71. The molecule has 0 N–H and O–H groups in total. The van der Waals surface area contributed by atoms with Crippen LogP contribution in [-0.4, -0.2) is 30.2 Å². The monoisotopic (exact) mass is 294 g/mol. The summed E-state index contributed by atoms with van der Waals surface area (Å²) in [5.74, 6) is 1.41. The third-order valence-electron chi connectivity index (χ3n) is 3.19. The van der Waals surface area contributed by atoms with Crippen molar-refractivity contribution in [2.45, 2.75) is 6.92 Å². The molecule has 3 aromatic heterocycles. The summed E-state index contributed by atoms with van der Waals surface area (Å²) in [6, 6.07) is 12.3. The second-order valence-electron chi connectivity index (χ2n) is 4.53. The number of fused-ring (bicyclic) bond motifs is 1. The standard InChI is InChI=1S/C14H10N6S/c1-9-17-18-19-20(9)13-11-7-12(10-5-3-2-4-6-10)21-14(11)16-8-15-13/h2-8H,1H3. The van der Waals surface area contributed by atoms with Gasteiger partial charge in [0.25, 0.3) is 0 Å². The highest BCUT2D eigenvalue weighted by atomic mass is 32.1. The maximum atomic E-state index is 4.35. The van der Waals surface area contributed by atoms with Crippen molar-refractivity contribution in [1.29, 1.82) is 0 Å². The first-order valence-electron chi connectivity index (χ1n) is 6.38. The number of hydrogen-bond donors (Lipinski definition) is 0.